The van der Waals surface area contributed by atoms with Gasteiger partial charge in [-0.3, -0.25) is 4.79 Å². The summed E-state index contributed by atoms with van der Waals surface area (Å²) in [5.41, 5.74) is 1.28. The Kier molecular flexibility index (Phi) is 8.01. The molecule has 1 aliphatic heterocycles. The Labute approximate surface area is 179 Å². The highest BCUT2D eigenvalue weighted by molar-refractivity contribution is 7.89. The lowest BCUT2D eigenvalue weighted by Crippen LogP contribution is -2.43. The van der Waals surface area contributed by atoms with Gasteiger partial charge in [0.15, 0.2) is 0 Å². The fourth-order valence-electron chi connectivity index (χ4n) is 3.78. The predicted molar refractivity (Wildman–Crippen MR) is 118 cm³/mol. The molecule has 0 aliphatic carbocycles. The summed E-state index contributed by atoms with van der Waals surface area (Å²) in [6.07, 6.45) is 2.01. The average molecular weight is 430 g/mol. The van der Waals surface area contributed by atoms with Crippen molar-refractivity contribution in [1.29, 1.82) is 0 Å². The van der Waals surface area contributed by atoms with Gasteiger partial charge in [0.25, 0.3) is 0 Å². The normalized spacial score (nSPS) is 15.9. The van der Waals surface area contributed by atoms with Crippen LogP contribution in [0.1, 0.15) is 24.8 Å². The van der Waals surface area contributed by atoms with Crippen LogP contribution in [0.2, 0.25) is 0 Å². The fourth-order valence-corrected chi connectivity index (χ4v) is 5.27. The molecule has 0 aromatic heterocycles. The molecule has 1 heterocycles. The topological polar surface area (TPSA) is 69.7 Å². The number of nitrogens with one attached hydrogen (secondary N) is 1. The first-order valence-electron chi connectivity index (χ1n) is 10.5. The first-order chi connectivity index (χ1) is 14.5. The highest BCUT2D eigenvalue weighted by atomic mass is 32.2. The number of amides is 1. The maximum Gasteiger partial charge on any atom is 0.243 e. The van der Waals surface area contributed by atoms with E-state index in [1.165, 1.54) is 9.87 Å². The number of carbonyl (C=O) groups excluding carboxylic acids is 1. The third-order valence-electron chi connectivity index (χ3n) is 5.52. The summed E-state index contributed by atoms with van der Waals surface area (Å²) in [5, 5.41) is 3.02. The molecule has 1 amide bonds. The highest BCUT2D eigenvalue weighted by Crippen LogP contribution is 2.23. The Morgan fingerprint density at radius 2 is 1.63 bits per heavy atom. The van der Waals surface area contributed by atoms with Crippen LogP contribution in [-0.2, 0) is 21.4 Å². The van der Waals surface area contributed by atoms with E-state index in [0.29, 0.717) is 37.4 Å². The average Bonchev–Trinajstić information content (AvgIpc) is 2.78. The van der Waals surface area contributed by atoms with Gasteiger partial charge in [0, 0.05) is 32.1 Å². The summed E-state index contributed by atoms with van der Waals surface area (Å²) >= 11 is 0. The summed E-state index contributed by atoms with van der Waals surface area (Å²) in [4.78, 5) is 15.0. The van der Waals surface area contributed by atoms with Gasteiger partial charge in [-0.15, -0.1) is 0 Å². The molecule has 1 N–H and O–H groups in total. The van der Waals surface area contributed by atoms with Gasteiger partial charge in [-0.2, -0.15) is 4.31 Å². The molecule has 1 saturated heterocycles. The van der Waals surface area contributed by atoms with Crippen molar-refractivity contribution in [1.82, 2.24) is 14.5 Å². The minimum absolute atomic E-state index is 0.0393. The highest BCUT2D eigenvalue weighted by Gasteiger charge is 2.31. The molecule has 6 nitrogen and oxygen atoms in total. The van der Waals surface area contributed by atoms with Crippen molar-refractivity contribution >= 4 is 15.9 Å². The van der Waals surface area contributed by atoms with Crippen LogP contribution in [0, 0.1) is 5.92 Å². The number of carbonyl (C=O) groups is 1. The predicted octanol–water partition coefficient (Wildman–Crippen LogP) is 2.73. The second kappa shape index (κ2) is 10.7. The standard InChI is InChI=1S/C23H31N3O3S/c1-25(19-20-9-4-2-5-10-20)16-8-15-24-23(27)21-13-17-26(18-14-21)30(28,29)22-11-6-3-7-12-22/h2-7,9-12,21H,8,13-19H2,1H3,(H,24,27). The summed E-state index contributed by atoms with van der Waals surface area (Å²) in [5.74, 6) is -0.0771. The zero-order valence-electron chi connectivity index (χ0n) is 17.5. The number of nitrogens with zero attached hydrogens (tertiary/aromatic N) is 2. The fraction of sp³-hybridized carbons (Fsp3) is 0.435. The maximum atomic E-state index is 12.7. The zero-order chi connectivity index (χ0) is 21.4. The van der Waals surface area contributed by atoms with E-state index >= 15 is 0 Å². The Morgan fingerprint density at radius 3 is 2.27 bits per heavy atom. The van der Waals surface area contributed by atoms with E-state index in [-0.39, 0.29) is 11.8 Å². The van der Waals surface area contributed by atoms with Crippen molar-refractivity contribution in [3.05, 3.63) is 66.2 Å². The van der Waals surface area contributed by atoms with Crippen LogP contribution in [0.4, 0.5) is 0 Å². The number of piperidine rings is 1. The first kappa shape index (κ1) is 22.5. The second-order valence-corrected chi connectivity index (χ2v) is 9.80. The lowest BCUT2D eigenvalue weighted by molar-refractivity contribution is -0.126. The van der Waals surface area contributed by atoms with Gasteiger partial charge in [0.2, 0.25) is 15.9 Å². The van der Waals surface area contributed by atoms with Crippen molar-refractivity contribution in [2.24, 2.45) is 5.92 Å². The molecule has 2 aromatic rings. The van der Waals surface area contributed by atoms with E-state index in [1.54, 1.807) is 30.3 Å². The molecule has 0 unspecified atom stereocenters. The number of benzene rings is 2. The molecule has 2 aromatic carbocycles. The van der Waals surface area contributed by atoms with Crippen molar-refractivity contribution in [3.63, 3.8) is 0 Å². The Hall–Kier alpha value is -2.22. The van der Waals surface area contributed by atoms with Gasteiger partial charge in [-0.25, -0.2) is 8.42 Å². The minimum atomic E-state index is -3.47. The summed E-state index contributed by atoms with van der Waals surface area (Å²) in [7, 11) is -1.39. The molecule has 0 bridgehead atoms. The van der Waals surface area contributed by atoms with E-state index in [9.17, 15) is 13.2 Å². The number of hydrogen-bond donors (Lipinski definition) is 1. The van der Waals surface area contributed by atoms with Crippen LogP contribution in [0.15, 0.2) is 65.6 Å². The Morgan fingerprint density at radius 1 is 1.03 bits per heavy atom. The molecule has 30 heavy (non-hydrogen) atoms. The Bertz CT molecular complexity index is 896. The van der Waals surface area contributed by atoms with Crippen LogP contribution >= 0.6 is 0 Å². The first-order valence-corrected chi connectivity index (χ1v) is 12.0. The van der Waals surface area contributed by atoms with Gasteiger partial charge in [0.05, 0.1) is 4.90 Å². The lowest BCUT2D eigenvalue weighted by Gasteiger charge is -2.30. The van der Waals surface area contributed by atoms with E-state index in [0.717, 1.165) is 19.5 Å². The molecule has 7 heteroatoms. The van der Waals surface area contributed by atoms with Crippen molar-refractivity contribution in [2.75, 3.05) is 33.2 Å². The van der Waals surface area contributed by atoms with E-state index in [2.05, 4.69) is 29.4 Å². The molecule has 3 rings (SSSR count). The molecule has 1 fully saturated rings. The number of sulfonamides is 1. The van der Waals surface area contributed by atoms with Crippen molar-refractivity contribution in [3.8, 4) is 0 Å². The smallest absolute Gasteiger partial charge is 0.243 e. The molecule has 0 radical (unpaired) electrons. The molecule has 0 spiro atoms. The number of rotatable bonds is 9. The van der Waals surface area contributed by atoms with Gasteiger partial charge in [-0.05, 0) is 50.6 Å². The quantitative estimate of drug-likeness (QED) is 0.623. The van der Waals surface area contributed by atoms with Crippen LogP contribution in [-0.4, -0.2) is 56.8 Å². The molecular formula is C23H31N3O3S. The summed E-state index contributed by atoms with van der Waals surface area (Å²) in [6.45, 7) is 3.21. The van der Waals surface area contributed by atoms with E-state index < -0.39 is 10.0 Å². The third-order valence-corrected chi connectivity index (χ3v) is 7.43. The van der Waals surface area contributed by atoms with Crippen LogP contribution < -0.4 is 5.32 Å². The molecule has 0 atom stereocenters. The Balaban J connectivity index is 1.36. The zero-order valence-corrected chi connectivity index (χ0v) is 18.4. The molecule has 1 aliphatic rings. The van der Waals surface area contributed by atoms with Gasteiger partial charge in [-0.1, -0.05) is 48.5 Å². The number of hydrogen-bond acceptors (Lipinski definition) is 4. The third kappa shape index (κ3) is 6.14. The molecule has 162 valence electrons. The SMILES string of the molecule is CN(CCCNC(=O)C1CCN(S(=O)(=O)c2ccccc2)CC1)Cc1ccccc1. The van der Waals surface area contributed by atoms with E-state index in [4.69, 9.17) is 0 Å². The molecular weight excluding hydrogens is 398 g/mol. The van der Waals surface area contributed by atoms with Crippen LogP contribution in [0.25, 0.3) is 0 Å². The van der Waals surface area contributed by atoms with Gasteiger partial charge < -0.3 is 10.2 Å². The van der Waals surface area contributed by atoms with Gasteiger partial charge in [0.1, 0.15) is 0 Å². The molecule has 0 saturated carbocycles. The largest absolute Gasteiger partial charge is 0.356 e. The van der Waals surface area contributed by atoms with E-state index in [1.807, 2.05) is 18.2 Å². The second-order valence-electron chi connectivity index (χ2n) is 7.86. The summed E-state index contributed by atoms with van der Waals surface area (Å²) in [6, 6.07) is 18.8. The maximum absolute atomic E-state index is 12.7. The lowest BCUT2D eigenvalue weighted by atomic mass is 9.97. The van der Waals surface area contributed by atoms with Gasteiger partial charge >= 0.3 is 0 Å². The van der Waals surface area contributed by atoms with Crippen LogP contribution in [0.5, 0.6) is 0 Å². The summed E-state index contributed by atoms with van der Waals surface area (Å²) < 4.78 is 26.9. The van der Waals surface area contributed by atoms with Crippen LogP contribution in [0.3, 0.4) is 0 Å². The minimum Gasteiger partial charge on any atom is -0.356 e. The van der Waals surface area contributed by atoms with Crippen molar-refractivity contribution < 1.29 is 13.2 Å². The monoisotopic (exact) mass is 429 g/mol. The van der Waals surface area contributed by atoms with Crippen molar-refractivity contribution in [2.45, 2.75) is 30.7 Å².